The van der Waals surface area contributed by atoms with Crippen LogP contribution in [0.2, 0.25) is 0 Å². The zero-order valence-electron chi connectivity index (χ0n) is 12.8. The summed E-state index contributed by atoms with van der Waals surface area (Å²) in [5, 5.41) is 19.9. The van der Waals surface area contributed by atoms with Gasteiger partial charge < -0.3 is 10.1 Å². The fourth-order valence-electron chi connectivity index (χ4n) is 3.60. The van der Waals surface area contributed by atoms with Gasteiger partial charge in [-0.25, -0.2) is 0 Å². The number of hydrogen-bond acceptors (Lipinski definition) is 3. The van der Waals surface area contributed by atoms with Gasteiger partial charge in [-0.2, -0.15) is 5.26 Å². The Bertz CT molecular complexity index is 1040. The number of rotatable bonds is 0. The van der Waals surface area contributed by atoms with Crippen LogP contribution in [0.1, 0.15) is 46.6 Å². The molecule has 0 saturated carbocycles. The Morgan fingerprint density at radius 1 is 1.17 bits per heavy atom. The molecule has 0 amide bonds. The maximum atomic E-state index is 12.9. The van der Waals surface area contributed by atoms with E-state index in [1.165, 1.54) is 6.07 Å². The summed E-state index contributed by atoms with van der Waals surface area (Å²) < 4.78 is 0. The predicted molar refractivity (Wildman–Crippen MR) is 86.7 cm³/mol. The molecule has 0 fully saturated rings. The van der Waals surface area contributed by atoms with Crippen LogP contribution >= 0.6 is 0 Å². The van der Waals surface area contributed by atoms with Gasteiger partial charge in [0, 0.05) is 21.9 Å². The lowest BCUT2D eigenvalue weighted by Gasteiger charge is -2.32. The zero-order valence-corrected chi connectivity index (χ0v) is 12.8. The Hall–Kier alpha value is -3.06. The van der Waals surface area contributed by atoms with E-state index in [-0.39, 0.29) is 11.5 Å². The maximum absolute atomic E-state index is 12.9. The summed E-state index contributed by atoms with van der Waals surface area (Å²) in [4.78, 5) is 16.1. The number of phenols is 1. The Morgan fingerprint density at radius 2 is 1.96 bits per heavy atom. The van der Waals surface area contributed by atoms with Crippen molar-refractivity contribution in [2.24, 2.45) is 0 Å². The third kappa shape index (κ3) is 1.68. The lowest BCUT2D eigenvalue weighted by molar-refractivity contribution is 0.102. The lowest BCUT2D eigenvalue weighted by atomic mass is 9.69. The smallest absolute Gasteiger partial charge is 0.209 e. The molecular weight excluding hydrogens is 288 g/mol. The Balaban J connectivity index is 2.13. The van der Waals surface area contributed by atoms with E-state index in [9.17, 15) is 9.90 Å². The summed E-state index contributed by atoms with van der Waals surface area (Å²) in [6.07, 6.45) is 0. The van der Waals surface area contributed by atoms with Gasteiger partial charge in [0.25, 0.3) is 0 Å². The Kier molecular flexibility index (Phi) is 2.50. The molecule has 3 aromatic rings. The van der Waals surface area contributed by atoms with Gasteiger partial charge in [0.15, 0.2) is 0 Å². The number of aromatic amines is 1. The van der Waals surface area contributed by atoms with Crippen LogP contribution in [0, 0.1) is 11.3 Å². The van der Waals surface area contributed by atoms with Gasteiger partial charge >= 0.3 is 0 Å². The van der Waals surface area contributed by atoms with Crippen molar-refractivity contribution in [2.45, 2.75) is 19.3 Å². The second-order valence-electron chi connectivity index (χ2n) is 6.43. The normalized spacial score (nSPS) is 15.1. The van der Waals surface area contributed by atoms with Crippen molar-refractivity contribution in [2.75, 3.05) is 0 Å². The second kappa shape index (κ2) is 4.23. The lowest BCUT2D eigenvalue weighted by Crippen LogP contribution is -2.29. The van der Waals surface area contributed by atoms with Gasteiger partial charge in [-0.05, 0) is 47.5 Å². The number of hydrogen-bond donors (Lipinski definition) is 2. The molecule has 23 heavy (non-hydrogen) atoms. The van der Waals surface area contributed by atoms with Crippen LogP contribution in [-0.2, 0) is 5.41 Å². The molecule has 2 N–H and O–H groups in total. The largest absolute Gasteiger partial charge is 0.508 e. The summed E-state index contributed by atoms with van der Waals surface area (Å²) in [6.45, 7) is 4.06. The van der Waals surface area contributed by atoms with Gasteiger partial charge in [-0.1, -0.05) is 13.8 Å². The van der Waals surface area contributed by atoms with Crippen LogP contribution in [0.4, 0.5) is 0 Å². The van der Waals surface area contributed by atoms with Crippen molar-refractivity contribution >= 4 is 16.7 Å². The first-order chi connectivity index (χ1) is 10.9. The summed E-state index contributed by atoms with van der Waals surface area (Å²) in [7, 11) is 0. The minimum absolute atomic E-state index is 0.0796. The number of aromatic nitrogens is 1. The molecule has 4 nitrogen and oxygen atoms in total. The van der Waals surface area contributed by atoms with Crippen molar-refractivity contribution in [1.29, 1.82) is 5.26 Å². The molecule has 0 atom stereocenters. The maximum Gasteiger partial charge on any atom is 0.209 e. The van der Waals surface area contributed by atoms with Crippen molar-refractivity contribution in [3.8, 4) is 11.8 Å². The molecule has 0 unspecified atom stereocenters. The number of H-pyrrole nitrogens is 1. The summed E-state index contributed by atoms with van der Waals surface area (Å²) in [6, 6.07) is 12.4. The highest BCUT2D eigenvalue weighted by Crippen LogP contribution is 2.45. The van der Waals surface area contributed by atoms with Crippen LogP contribution in [0.15, 0.2) is 36.4 Å². The van der Waals surface area contributed by atoms with Gasteiger partial charge in [-0.3, -0.25) is 4.79 Å². The molecule has 1 aromatic heterocycles. The van der Waals surface area contributed by atoms with Gasteiger partial charge in [0.2, 0.25) is 5.78 Å². The van der Waals surface area contributed by atoms with E-state index in [1.807, 2.05) is 26.0 Å². The number of fused-ring (bicyclic) bond motifs is 4. The van der Waals surface area contributed by atoms with Gasteiger partial charge in [-0.15, -0.1) is 0 Å². The SMILES string of the molecule is CC1(C)c2cc(O)ccc2C(=O)c2[nH]c3ccc(C#N)cc3c21. The highest BCUT2D eigenvalue weighted by atomic mass is 16.3. The van der Waals surface area contributed by atoms with Crippen LogP contribution < -0.4 is 0 Å². The van der Waals surface area contributed by atoms with E-state index in [0.717, 1.165) is 22.0 Å². The van der Waals surface area contributed by atoms with Crippen LogP contribution in [0.3, 0.4) is 0 Å². The molecule has 112 valence electrons. The topological polar surface area (TPSA) is 76.9 Å². The first-order valence-electron chi connectivity index (χ1n) is 7.38. The van der Waals surface area contributed by atoms with E-state index < -0.39 is 5.41 Å². The fourth-order valence-corrected chi connectivity index (χ4v) is 3.60. The molecular formula is C19H14N2O2. The molecule has 4 heteroatoms. The van der Waals surface area contributed by atoms with Crippen LogP contribution in [-0.4, -0.2) is 15.9 Å². The van der Waals surface area contributed by atoms with Crippen LogP contribution in [0.5, 0.6) is 5.75 Å². The van der Waals surface area contributed by atoms with Crippen molar-refractivity contribution in [3.63, 3.8) is 0 Å². The number of ketones is 1. The number of phenolic OH excluding ortho intramolecular Hbond substituents is 1. The van der Waals surface area contributed by atoms with E-state index in [4.69, 9.17) is 5.26 Å². The number of benzene rings is 2. The van der Waals surface area contributed by atoms with Gasteiger partial charge in [0.05, 0.1) is 17.3 Å². The van der Waals surface area contributed by atoms with E-state index >= 15 is 0 Å². The monoisotopic (exact) mass is 302 g/mol. The zero-order chi connectivity index (χ0) is 16.4. The average molecular weight is 302 g/mol. The number of carbonyl (C=O) groups is 1. The van der Waals surface area contributed by atoms with E-state index in [0.29, 0.717) is 16.8 Å². The molecule has 1 aliphatic carbocycles. The third-order valence-corrected chi connectivity index (χ3v) is 4.70. The third-order valence-electron chi connectivity index (χ3n) is 4.70. The first-order valence-corrected chi connectivity index (χ1v) is 7.38. The number of nitriles is 1. The van der Waals surface area contributed by atoms with Crippen molar-refractivity contribution < 1.29 is 9.90 Å². The fraction of sp³-hybridized carbons (Fsp3) is 0.158. The molecule has 0 radical (unpaired) electrons. The van der Waals surface area contributed by atoms with Crippen molar-refractivity contribution in [3.05, 3.63) is 64.3 Å². The molecule has 4 rings (SSSR count). The number of nitrogens with one attached hydrogen (secondary N) is 1. The predicted octanol–water partition coefficient (Wildman–Crippen LogP) is 3.62. The molecule has 1 aliphatic rings. The second-order valence-corrected chi connectivity index (χ2v) is 6.43. The van der Waals surface area contributed by atoms with Gasteiger partial charge in [0.1, 0.15) is 5.75 Å². The van der Waals surface area contributed by atoms with Crippen molar-refractivity contribution in [1.82, 2.24) is 4.98 Å². The Labute approximate surface area is 133 Å². The summed E-state index contributed by atoms with van der Waals surface area (Å²) >= 11 is 0. The highest BCUT2D eigenvalue weighted by molar-refractivity contribution is 6.15. The van der Waals surface area contributed by atoms with E-state index in [1.54, 1.807) is 18.2 Å². The Morgan fingerprint density at radius 3 is 2.70 bits per heavy atom. The number of nitrogens with zero attached hydrogens (tertiary/aromatic N) is 1. The summed E-state index contributed by atoms with van der Waals surface area (Å²) in [5.41, 5.74) is 3.80. The number of carbonyl (C=O) groups excluding carboxylic acids is 1. The van der Waals surface area contributed by atoms with E-state index in [2.05, 4.69) is 11.1 Å². The highest BCUT2D eigenvalue weighted by Gasteiger charge is 2.39. The molecule has 2 aromatic carbocycles. The quantitative estimate of drug-likeness (QED) is 0.666. The number of aromatic hydroxyl groups is 1. The first kappa shape index (κ1) is 13.6. The summed E-state index contributed by atoms with van der Waals surface area (Å²) in [5.74, 6) is 0.0645. The minimum atomic E-state index is -0.455. The molecule has 0 spiro atoms. The average Bonchev–Trinajstić information content (AvgIpc) is 2.92. The minimum Gasteiger partial charge on any atom is -0.508 e. The molecule has 0 bridgehead atoms. The molecule has 1 heterocycles. The standard InChI is InChI=1S/C19H14N2O2/c1-19(2)14-8-11(22)4-5-12(14)18(23)17-16(19)13-7-10(9-20)3-6-15(13)21-17/h3-8,21-22H,1-2H3. The van der Waals surface area contributed by atoms with Crippen LogP contribution in [0.25, 0.3) is 10.9 Å². The molecule has 0 aliphatic heterocycles. The molecule has 0 saturated heterocycles.